The van der Waals surface area contributed by atoms with Crippen molar-refractivity contribution in [3.8, 4) is 0 Å². The number of esters is 2. The lowest BCUT2D eigenvalue weighted by Crippen LogP contribution is -2.71. The summed E-state index contributed by atoms with van der Waals surface area (Å²) in [4.78, 5) is 25.0. The van der Waals surface area contributed by atoms with Gasteiger partial charge in [0.2, 0.25) is 0 Å². The highest BCUT2D eigenvalue weighted by atomic mass is 16.6. The van der Waals surface area contributed by atoms with Gasteiger partial charge < -0.3 is 19.0 Å². The van der Waals surface area contributed by atoms with Crippen molar-refractivity contribution in [3.63, 3.8) is 0 Å². The van der Waals surface area contributed by atoms with Gasteiger partial charge in [-0.2, -0.15) is 0 Å². The number of rotatable bonds is 3. The zero-order chi connectivity index (χ0) is 19.4. The summed E-state index contributed by atoms with van der Waals surface area (Å²) >= 11 is 0. The smallest absolute Gasteiger partial charge is 0.343 e. The maximum absolute atomic E-state index is 12.6. The van der Waals surface area contributed by atoms with Crippen LogP contribution in [0.15, 0.2) is 41.2 Å². The van der Waals surface area contributed by atoms with Crippen molar-refractivity contribution in [1.82, 2.24) is 0 Å². The minimum atomic E-state index is -1.68. The van der Waals surface area contributed by atoms with Crippen LogP contribution in [0.3, 0.4) is 0 Å². The van der Waals surface area contributed by atoms with E-state index >= 15 is 0 Å². The molecule has 2 bridgehead atoms. The lowest BCUT2D eigenvalue weighted by molar-refractivity contribution is -0.241. The molecule has 1 aromatic heterocycles. The van der Waals surface area contributed by atoms with E-state index in [0.29, 0.717) is 12.8 Å². The first-order chi connectivity index (χ1) is 12.8. The van der Waals surface area contributed by atoms with E-state index in [-0.39, 0.29) is 11.9 Å². The van der Waals surface area contributed by atoms with E-state index in [9.17, 15) is 14.7 Å². The van der Waals surface area contributed by atoms with Gasteiger partial charge in [0.15, 0.2) is 5.60 Å². The van der Waals surface area contributed by atoms with Crippen molar-refractivity contribution in [2.75, 3.05) is 7.11 Å². The van der Waals surface area contributed by atoms with Crippen molar-refractivity contribution < 1.29 is 28.6 Å². The van der Waals surface area contributed by atoms with Gasteiger partial charge in [0.05, 0.1) is 25.6 Å². The molecule has 0 radical (unpaired) electrons. The van der Waals surface area contributed by atoms with Gasteiger partial charge in [0, 0.05) is 22.3 Å². The van der Waals surface area contributed by atoms with Gasteiger partial charge in [-0.25, -0.2) is 4.79 Å². The van der Waals surface area contributed by atoms with Gasteiger partial charge in [-0.05, 0) is 31.1 Å². The number of ether oxygens (including phenoxy) is 2. The summed E-state index contributed by atoms with van der Waals surface area (Å²) in [7, 11) is 1.39. The summed E-state index contributed by atoms with van der Waals surface area (Å²) in [5, 5.41) is 11.2. The third-order valence-electron chi connectivity index (χ3n) is 7.00. The largest absolute Gasteiger partial charge is 0.472 e. The Labute approximate surface area is 157 Å². The number of hydrogen-bond acceptors (Lipinski definition) is 6. The quantitative estimate of drug-likeness (QED) is 0.649. The van der Waals surface area contributed by atoms with Gasteiger partial charge >= 0.3 is 11.9 Å². The second-order valence-electron chi connectivity index (χ2n) is 8.26. The third kappa shape index (κ3) is 2.29. The Kier molecular flexibility index (Phi) is 3.89. The Balaban J connectivity index is 1.84. The first kappa shape index (κ1) is 18.0. The number of methoxy groups -OCH3 is 1. The SMILES string of the molecule is COC(=O)C1CCC2(C)C(C3C=CC2(O)C(=O)O3)C1(C)C=Cc1ccoc1. The molecule has 1 saturated heterocycles. The van der Waals surface area contributed by atoms with E-state index in [2.05, 4.69) is 0 Å². The summed E-state index contributed by atoms with van der Waals surface area (Å²) in [6.45, 7) is 3.91. The third-order valence-corrected chi connectivity index (χ3v) is 7.00. The molecule has 1 saturated carbocycles. The molecule has 5 rings (SSSR count). The lowest BCUT2D eigenvalue weighted by atomic mass is 9.43. The van der Waals surface area contributed by atoms with Crippen LogP contribution in [-0.2, 0) is 19.1 Å². The van der Waals surface area contributed by atoms with Gasteiger partial charge in [0.25, 0.3) is 0 Å². The topological polar surface area (TPSA) is 86.0 Å². The fourth-order valence-electron chi connectivity index (χ4n) is 5.50. The Morgan fingerprint density at radius 2 is 2.19 bits per heavy atom. The molecule has 144 valence electrons. The van der Waals surface area contributed by atoms with Crippen LogP contribution in [0.25, 0.3) is 6.08 Å². The van der Waals surface area contributed by atoms with Crippen LogP contribution in [-0.4, -0.2) is 35.9 Å². The molecule has 2 aliphatic heterocycles. The van der Waals surface area contributed by atoms with Crippen molar-refractivity contribution in [1.29, 1.82) is 0 Å². The van der Waals surface area contributed by atoms with Crippen LogP contribution in [0.2, 0.25) is 0 Å². The minimum Gasteiger partial charge on any atom is -0.472 e. The molecule has 0 amide bonds. The summed E-state index contributed by atoms with van der Waals surface area (Å²) in [5.74, 6) is -1.57. The van der Waals surface area contributed by atoms with Crippen LogP contribution >= 0.6 is 0 Å². The summed E-state index contributed by atoms with van der Waals surface area (Å²) in [6, 6.07) is 1.83. The number of carbonyl (C=O) groups excluding carboxylic acids is 2. The normalized spacial score (nSPS) is 42.8. The summed E-state index contributed by atoms with van der Waals surface area (Å²) in [6.07, 6.45) is 11.0. The minimum absolute atomic E-state index is 0.265. The highest BCUT2D eigenvalue weighted by molar-refractivity contribution is 5.86. The first-order valence-corrected chi connectivity index (χ1v) is 9.18. The van der Waals surface area contributed by atoms with Gasteiger partial charge in [-0.1, -0.05) is 26.0 Å². The van der Waals surface area contributed by atoms with Crippen molar-refractivity contribution >= 4 is 18.0 Å². The summed E-state index contributed by atoms with van der Waals surface area (Å²) in [5.41, 5.74) is -2.22. The maximum atomic E-state index is 12.6. The zero-order valence-electron chi connectivity index (χ0n) is 15.7. The molecule has 27 heavy (non-hydrogen) atoms. The molecule has 6 atom stereocenters. The molecule has 0 spiro atoms. The molecule has 6 nitrogen and oxygen atoms in total. The molecule has 1 N–H and O–H groups in total. The number of allylic oxidation sites excluding steroid dienone is 1. The standard InChI is InChI=1S/C21H24O6/c1-19(8-4-13-7-11-26-12-13)14(17(22)25-3)5-9-20(2)16(19)15-6-10-21(20,24)18(23)27-15/h4,6-8,10-12,14-16,24H,5,9H2,1-3H3. The number of fused-ring (bicyclic) bond motifs is 1. The molecular formula is C21H24O6. The maximum Gasteiger partial charge on any atom is 0.343 e. The number of carbonyl (C=O) groups is 2. The van der Waals surface area contributed by atoms with E-state index in [1.807, 2.05) is 32.1 Å². The van der Waals surface area contributed by atoms with E-state index in [4.69, 9.17) is 13.9 Å². The first-order valence-electron chi connectivity index (χ1n) is 9.18. The highest BCUT2D eigenvalue weighted by Crippen LogP contribution is 2.65. The predicted molar refractivity (Wildman–Crippen MR) is 96.2 cm³/mol. The van der Waals surface area contributed by atoms with Crippen molar-refractivity contribution in [2.45, 2.75) is 38.4 Å². The fraction of sp³-hybridized carbons (Fsp3) is 0.524. The van der Waals surface area contributed by atoms with Crippen molar-refractivity contribution in [2.24, 2.45) is 22.7 Å². The highest BCUT2D eigenvalue weighted by Gasteiger charge is 2.71. The Morgan fingerprint density at radius 3 is 2.81 bits per heavy atom. The summed E-state index contributed by atoms with van der Waals surface area (Å²) < 4.78 is 15.7. The van der Waals surface area contributed by atoms with Crippen LogP contribution in [0.4, 0.5) is 0 Å². The van der Waals surface area contributed by atoms with E-state index < -0.39 is 34.4 Å². The van der Waals surface area contributed by atoms with Gasteiger partial charge in [-0.3, -0.25) is 4.79 Å². The molecule has 6 heteroatoms. The van der Waals surface area contributed by atoms with E-state index in [0.717, 1.165) is 5.56 Å². The zero-order valence-corrected chi connectivity index (χ0v) is 15.7. The van der Waals surface area contributed by atoms with Crippen LogP contribution in [0.1, 0.15) is 32.3 Å². The van der Waals surface area contributed by atoms with Gasteiger partial charge in [0.1, 0.15) is 6.10 Å². The fourth-order valence-corrected chi connectivity index (χ4v) is 5.50. The van der Waals surface area contributed by atoms with Crippen molar-refractivity contribution in [3.05, 3.63) is 42.4 Å². The Hall–Kier alpha value is -2.34. The van der Waals surface area contributed by atoms with Crippen LogP contribution in [0, 0.1) is 22.7 Å². The molecule has 4 aliphatic rings. The molecule has 6 unspecified atom stereocenters. The number of furan rings is 1. The molecule has 2 fully saturated rings. The molecular weight excluding hydrogens is 348 g/mol. The van der Waals surface area contributed by atoms with E-state index in [1.54, 1.807) is 24.7 Å². The van der Waals surface area contributed by atoms with Gasteiger partial charge in [-0.15, -0.1) is 0 Å². The Bertz CT molecular complexity index is 824. The lowest BCUT2D eigenvalue weighted by Gasteiger charge is -2.63. The van der Waals surface area contributed by atoms with Crippen LogP contribution in [0.5, 0.6) is 0 Å². The molecule has 0 aromatic carbocycles. The average Bonchev–Trinajstić information content (AvgIpc) is 3.15. The van der Waals surface area contributed by atoms with Crippen LogP contribution < -0.4 is 0 Å². The molecule has 1 aromatic rings. The number of hydrogen-bond donors (Lipinski definition) is 1. The monoisotopic (exact) mass is 372 g/mol. The predicted octanol–water partition coefficient (Wildman–Crippen LogP) is 2.73. The number of aliphatic hydroxyl groups is 1. The second-order valence-corrected chi connectivity index (χ2v) is 8.26. The average molecular weight is 372 g/mol. The second kappa shape index (κ2) is 5.83. The van der Waals surface area contributed by atoms with E-state index in [1.165, 1.54) is 7.11 Å². The molecule has 2 aliphatic carbocycles. The Morgan fingerprint density at radius 1 is 1.41 bits per heavy atom. The molecule has 3 heterocycles.